The first-order valence-corrected chi connectivity index (χ1v) is 14.6. The molecule has 1 N–H and O–H groups in total. The number of hydrogen-bond donors (Lipinski definition) is 1. The third-order valence-electron chi connectivity index (χ3n) is 7.06. The van der Waals surface area contributed by atoms with E-state index in [1.165, 1.54) is 0 Å². The molecule has 0 amide bonds. The molecule has 2 heterocycles. The number of hydrogen-bond acceptors (Lipinski definition) is 5. The summed E-state index contributed by atoms with van der Waals surface area (Å²) in [7, 11) is 0.282. The van der Waals surface area contributed by atoms with Crippen LogP contribution in [0.1, 0.15) is 17.0 Å². The molecule has 5 rings (SSSR count). The van der Waals surface area contributed by atoms with E-state index in [1.807, 2.05) is 61.6 Å². The van der Waals surface area contributed by atoms with Crippen molar-refractivity contribution in [3.05, 3.63) is 108 Å². The van der Waals surface area contributed by atoms with Gasteiger partial charge < -0.3 is 14.8 Å². The maximum atomic E-state index is 13.9. The highest BCUT2D eigenvalue weighted by molar-refractivity contribution is 7.89. The summed E-state index contributed by atoms with van der Waals surface area (Å²) in [6.45, 7) is 1.94. The molecule has 0 saturated carbocycles. The number of fused-ring (bicyclic) bond motifs is 1. The largest absolute Gasteiger partial charge is 0.362 e. The predicted octanol–water partition coefficient (Wildman–Crippen LogP) is 4.40. The van der Waals surface area contributed by atoms with Gasteiger partial charge >= 0.3 is 0 Å². The van der Waals surface area contributed by atoms with E-state index in [1.54, 1.807) is 10.5 Å². The van der Waals surface area contributed by atoms with Crippen molar-refractivity contribution in [1.29, 1.82) is 0 Å². The molecule has 3 aromatic carbocycles. The molecule has 8 heteroatoms. The van der Waals surface area contributed by atoms with Crippen LogP contribution in [0.5, 0.6) is 0 Å². The van der Waals surface area contributed by atoms with E-state index in [4.69, 9.17) is 0 Å². The fraction of sp³-hybridized carbons (Fsp3) is 0.300. The van der Waals surface area contributed by atoms with Gasteiger partial charge in [0.15, 0.2) is 0 Å². The molecule has 7 nitrogen and oxygen atoms in total. The summed E-state index contributed by atoms with van der Waals surface area (Å²) in [5, 5.41) is 0. The number of anilines is 1. The molecule has 1 aromatic heterocycles. The fourth-order valence-corrected chi connectivity index (χ4v) is 6.84. The molecule has 38 heavy (non-hydrogen) atoms. The Labute approximate surface area is 225 Å². The van der Waals surface area contributed by atoms with Crippen LogP contribution in [-0.2, 0) is 29.5 Å². The van der Waals surface area contributed by atoms with Crippen LogP contribution in [0.4, 0.5) is 5.69 Å². The fourth-order valence-electron chi connectivity index (χ4n) is 5.08. The van der Waals surface area contributed by atoms with Crippen LogP contribution in [0.25, 0.3) is 11.1 Å². The number of H-pyrrole nitrogens is 1. The van der Waals surface area contributed by atoms with E-state index < -0.39 is 10.0 Å². The number of aromatic nitrogens is 2. The molecule has 1 atom stereocenters. The summed E-state index contributed by atoms with van der Waals surface area (Å²) in [5.74, 6) is 0.933. The molecule has 0 spiro atoms. The molecule has 4 aromatic rings. The van der Waals surface area contributed by atoms with Crippen LogP contribution in [0, 0.1) is 0 Å². The van der Waals surface area contributed by atoms with Crippen LogP contribution in [0.2, 0.25) is 0 Å². The lowest BCUT2D eigenvalue weighted by Crippen LogP contribution is -2.47. The standard InChI is InChI=1S/C30H35N5O2S/c1-33(2)17-18-38(36,37)35-21-27-20-26(25-11-7-4-8-12-25)13-14-29(27)34(23-30-31-15-16-32-30)22-28(35)19-24-9-5-3-6-10-24/h3-16,20,28H,17-19,21-23H2,1-2H3,(H,31,32)/t28-/m1/s1. The summed E-state index contributed by atoms with van der Waals surface area (Å²) >= 11 is 0. The average molecular weight is 530 g/mol. The molecule has 0 bridgehead atoms. The predicted molar refractivity (Wildman–Crippen MR) is 153 cm³/mol. The molecule has 198 valence electrons. The van der Waals surface area contributed by atoms with Gasteiger partial charge in [-0.2, -0.15) is 4.31 Å². The highest BCUT2D eigenvalue weighted by atomic mass is 32.2. The number of nitrogens with zero attached hydrogens (tertiary/aromatic N) is 4. The van der Waals surface area contributed by atoms with Crippen molar-refractivity contribution in [2.45, 2.75) is 25.6 Å². The first kappa shape index (κ1) is 26.2. The molecule has 0 aliphatic carbocycles. The van der Waals surface area contributed by atoms with Gasteiger partial charge in [0.05, 0.1) is 12.3 Å². The summed E-state index contributed by atoms with van der Waals surface area (Å²) in [4.78, 5) is 11.9. The zero-order chi connectivity index (χ0) is 26.5. The molecule has 0 saturated heterocycles. The Balaban J connectivity index is 1.59. The minimum atomic E-state index is -3.54. The van der Waals surface area contributed by atoms with Gasteiger partial charge in [-0.3, -0.25) is 0 Å². The minimum absolute atomic E-state index is 0.0805. The van der Waals surface area contributed by atoms with E-state index in [0.29, 0.717) is 32.6 Å². The second-order valence-corrected chi connectivity index (χ2v) is 12.2. The number of imidazole rings is 1. The van der Waals surface area contributed by atoms with Crippen LogP contribution >= 0.6 is 0 Å². The zero-order valence-electron chi connectivity index (χ0n) is 22.0. The van der Waals surface area contributed by atoms with E-state index in [9.17, 15) is 8.42 Å². The summed E-state index contributed by atoms with van der Waals surface area (Å²) in [5.41, 5.74) is 5.36. The Morgan fingerprint density at radius 1 is 0.974 bits per heavy atom. The number of sulfonamides is 1. The topological polar surface area (TPSA) is 72.5 Å². The molecule has 1 aliphatic rings. The van der Waals surface area contributed by atoms with Gasteiger partial charge in [-0.1, -0.05) is 66.7 Å². The first-order valence-electron chi connectivity index (χ1n) is 13.0. The van der Waals surface area contributed by atoms with Crippen molar-refractivity contribution in [2.24, 2.45) is 0 Å². The van der Waals surface area contributed by atoms with Crippen molar-refractivity contribution in [3.8, 4) is 11.1 Å². The van der Waals surface area contributed by atoms with Crippen LogP contribution in [0.15, 0.2) is 91.3 Å². The Kier molecular flexibility index (Phi) is 7.93. The van der Waals surface area contributed by atoms with Gasteiger partial charge in [0.2, 0.25) is 10.0 Å². The summed E-state index contributed by atoms with van der Waals surface area (Å²) < 4.78 is 29.5. The van der Waals surface area contributed by atoms with Crippen molar-refractivity contribution in [1.82, 2.24) is 19.2 Å². The smallest absolute Gasteiger partial charge is 0.215 e. The lowest BCUT2D eigenvalue weighted by atomic mass is 10.0. The van der Waals surface area contributed by atoms with Gasteiger partial charge in [0, 0.05) is 43.8 Å². The number of benzene rings is 3. The lowest BCUT2D eigenvalue weighted by molar-refractivity contribution is 0.314. The SMILES string of the molecule is CN(C)CCS(=O)(=O)N1Cc2cc(-c3ccccc3)ccc2N(Cc2ncc[nH]2)C[C@H]1Cc1ccccc1. The lowest BCUT2D eigenvalue weighted by Gasteiger charge is -2.32. The Bertz CT molecular complexity index is 1420. The Hall–Kier alpha value is -3.46. The Morgan fingerprint density at radius 2 is 1.71 bits per heavy atom. The second-order valence-electron chi connectivity index (χ2n) is 10.1. The molecular formula is C30H35N5O2S. The zero-order valence-corrected chi connectivity index (χ0v) is 22.8. The summed E-state index contributed by atoms with van der Waals surface area (Å²) in [6.07, 6.45) is 4.22. The van der Waals surface area contributed by atoms with E-state index >= 15 is 0 Å². The van der Waals surface area contributed by atoms with E-state index in [0.717, 1.165) is 33.8 Å². The second kappa shape index (κ2) is 11.5. The molecular weight excluding hydrogens is 494 g/mol. The third-order valence-corrected chi connectivity index (χ3v) is 8.90. The van der Waals surface area contributed by atoms with Gasteiger partial charge in [-0.05, 0) is 54.9 Å². The van der Waals surface area contributed by atoms with Crippen molar-refractivity contribution < 1.29 is 8.42 Å². The third kappa shape index (κ3) is 6.15. The molecule has 0 unspecified atom stereocenters. The van der Waals surface area contributed by atoms with Crippen LogP contribution < -0.4 is 4.90 Å². The normalized spacial score (nSPS) is 16.4. The van der Waals surface area contributed by atoms with E-state index in [-0.39, 0.29) is 11.8 Å². The van der Waals surface area contributed by atoms with E-state index in [2.05, 4.69) is 57.3 Å². The van der Waals surface area contributed by atoms with Gasteiger partial charge in [0.25, 0.3) is 0 Å². The van der Waals surface area contributed by atoms with Crippen molar-refractivity contribution >= 4 is 15.7 Å². The summed E-state index contributed by atoms with van der Waals surface area (Å²) in [6, 6.07) is 26.6. The number of nitrogens with one attached hydrogen (secondary N) is 1. The maximum Gasteiger partial charge on any atom is 0.215 e. The average Bonchev–Trinajstić information content (AvgIpc) is 3.38. The quantitative estimate of drug-likeness (QED) is 0.348. The maximum absolute atomic E-state index is 13.9. The van der Waals surface area contributed by atoms with Gasteiger partial charge in [0.1, 0.15) is 5.82 Å². The number of rotatable bonds is 9. The van der Waals surface area contributed by atoms with Crippen LogP contribution in [-0.4, -0.2) is 66.6 Å². The van der Waals surface area contributed by atoms with Crippen LogP contribution in [0.3, 0.4) is 0 Å². The highest BCUT2D eigenvalue weighted by Crippen LogP contribution is 2.34. The minimum Gasteiger partial charge on any atom is -0.362 e. The molecule has 0 fully saturated rings. The first-order chi connectivity index (χ1) is 18.4. The molecule has 1 aliphatic heterocycles. The van der Waals surface area contributed by atoms with Crippen molar-refractivity contribution in [3.63, 3.8) is 0 Å². The van der Waals surface area contributed by atoms with Crippen molar-refractivity contribution in [2.75, 3.05) is 37.8 Å². The number of aromatic amines is 1. The molecule has 0 radical (unpaired) electrons. The van der Waals surface area contributed by atoms with Gasteiger partial charge in [-0.15, -0.1) is 0 Å². The Morgan fingerprint density at radius 3 is 2.39 bits per heavy atom. The van der Waals surface area contributed by atoms with Gasteiger partial charge in [-0.25, -0.2) is 13.4 Å². The monoisotopic (exact) mass is 529 g/mol. The highest BCUT2D eigenvalue weighted by Gasteiger charge is 2.35.